The standard InChI is InChI=1S/C14H24N4O6S/c1-7(14(23)24)16-13(22)10(6-25)18-12(21)9(5-19)17-11(20)8-3-2-4-15-8/h7-10,15,19,25H,2-6H2,1H3,(H,16,22)(H,17,20)(H,18,21)(H,23,24). The van der Waals surface area contributed by atoms with Gasteiger partial charge in [0.1, 0.15) is 18.1 Å². The van der Waals surface area contributed by atoms with Gasteiger partial charge in [-0.3, -0.25) is 19.2 Å². The molecule has 4 unspecified atom stereocenters. The Bertz CT molecular complexity index is 512. The Morgan fingerprint density at radius 1 is 1.16 bits per heavy atom. The van der Waals surface area contributed by atoms with Crippen LogP contribution in [-0.4, -0.2) is 77.0 Å². The topological polar surface area (TPSA) is 157 Å². The summed E-state index contributed by atoms with van der Waals surface area (Å²) in [7, 11) is 0. The average Bonchev–Trinajstić information content (AvgIpc) is 3.11. The highest BCUT2D eigenvalue weighted by molar-refractivity contribution is 7.80. The molecule has 3 amide bonds. The van der Waals surface area contributed by atoms with Crippen LogP contribution in [0.5, 0.6) is 0 Å². The molecular weight excluding hydrogens is 352 g/mol. The van der Waals surface area contributed by atoms with Crippen LogP contribution in [-0.2, 0) is 19.2 Å². The Balaban J connectivity index is 2.60. The molecule has 0 spiro atoms. The fourth-order valence-corrected chi connectivity index (χ4v) is 2.47. The number of hydrogen-bond donors (Lipinski definition) is 7. The molecule has 11 heteroatoms. The molecule has 0 radical (unpaired) electrons. The molecule has 10 nitrogen and oxygen atoms in total. The van der Waals surface area contributed by atoms with Gasteiger partial charge in [0.05, 0.1) is 12.6 Å². The summed E-state index contributed by atoms with van der Waals surface area (Å²) in [5.41, 5.74) is 0. The number of carboxylic acids is 1. The van der Waals surface area contributed by atoms with Crippen LogP contribution in [0.4, 0.5) is 0 Å². The molecule has 25 heavy (non-hydrogen) atoms. The molecule has 1 rings (SSSR count). The summed E-state index contributed by atoms with van der Waals surface area (Å²) < 4.78 is 0. The van der Waals surface area contributed by atoms with E-state index in [1.807, 2.05) is 0 Å². The van der Waals surface area contributed by atoms with Crippen LogP contribution in [0.3, 0.4) is 0 Å². The SMILES string of the molecule is CC(NC(=O)C(CS)NC(=O)C(CO)NC(=O)C1CCCN1)C(=O)O. The molecule has 0 aliphatic carbocycles. The molecule has 0 aromatic carbocycles. The number of carboxylic acid groups (broad SMARTS) is 1. The number of aliphatic hydroxyl groups excluding tert-OH is 1. The van der Waals surface area contributed by atoms with Crippen LogP contribution in [0.25, 0.3) is 0 Å². The van der Waals surface area contributed by atoms with E-state index in [9.17, 15) is 24.3 Å². The minimum Gasteiger partial charge on any atom is -0.480 e. The first-order valence-corrected chi connectivity index (χ1v) is 8.52. The highest BCUT2D eigenvalue weighted by Gasteiger charge is 2.29. The van der Waals surface area contributed by atoms with Gasteiger partial charge in [0.25, 0.3) is 0 Å². The molecule has 142 valence electrons. The van der Waals surface area contributed by atoms with Gasteiger partial charge in [0.2, 0.25) is 17.7 Å². The molecular formula is C14H24N4O6S. The summed E-state index contributed by atoms with van der Waals surface area (Å²) in [6, 6.07) is -3.87. The smallest absolute Gasteiger partial charge is 0.325 e. The van der Waals surface area contributed by atoms with E-state index in [2.05, 4.69) is 33.9 Å². The van der Waals surface area contributed by atoms with Crippen molar-refractivity contribution in [3.8, 4) is 0 Å². The van der Waals surface area contributed by atoms with Gasteiger partial charge in [-0.2, -0.15) is 12.6 Å². The van der Waals surface area contributed by atoms with E-state index < -0.39 is 54.5 Å². The zero-order valence-corrected chi connectivity index (χ0v) is 14.7. The lowest BCUT2D eigenvalue weighted by atomic mass is 10.2. The Morgan fingerprint density at radius 2 is 1.80 bits per heavy atom. The molecule has 6 N–H and O–H groups in total. The summed E-state index contributed by atoms with van der Waals surface area (Å²) >= 11 is 3.96. The molecule has 1 heterocycles. The van der Waals surface area contributed by atoms with Crippen LogP contribution in [0.1, 0.15) is 19.8 Å². The zero-order valence-electron chi connectivity index (χ0n) is 13.8. The molecule has 1 aliphatic rings. The third kappa shape index (κ3) is 6.52. The second-order valence-electron chi connectivity index (χ2n) is 5.70. The Hall–Kier alpha value is -1.85. The van der Waals surface area contributed by atoms with Crippen molar-refractivity contribution in [2.45, 2.75) is 43.9 Å². The average molecular weight is 376 g/mol. The largest absolute Gasteiger partial charge is 0.480 e. The fraction of sp³-hybridized carbons (Fsp3) is 0.714. The molecule has 0 aromatic heterocycles. The first kappa shape index (κ1) is 21.2. The minimum atomic E-state index is -1.22. The lowest BCUT2D eigenvalue weighted by Crippen LogP contribution is -2.58. The monoisotopic (exact) mass is 376 g/mol. The van der Waals surface area contributed by atoms with Crippen LogP contribution < -0.4 is 21.3 Å². The molecule has 1 aliphatic heterocycles. The summed E-state index contributed by atoms with van der Waals surface area (Å²) in [4.78, 5) is 46.9. The van der Waals surface area contributed by atoms with E-state index in [-0.39, 0.29) is 5.75 Å². The number of rotatable bonds is 9. The zero-order chi connectivity index (χ0) is 19.0. The second-order valence-corrected chi connectivity index (χ2v) is 6.07. The summed E-state index contributed by atoms with van der Waals surface area (Å²) in [6.45, 7) is 1.34. The maximum Gasteiger partial charge on any atom is 0.325 e. The van der Waals surface area contributed by atoms with Gasteiger partial charge in [-0.25, -0.2) is 0 Å². The summed E-state index contributed by atoms with van der Waals surface area (Å²) in [5, 5.41) is 28.1. The lowest BCUT2D eigenvalue weighted by molar-refractivity contribution is -0.141. The number of aliphatic carboxylic acids is 1. The van der Waals surface area contributed by atoms with Crippen LogP contribution in [0.15, 0.2) is 0 Å². The Morgan fingerprint density at radius 3 is 2.28 bits per heavy atom. The highest BCUT2D eigenvalue weighted by atomic mass is 32.1. The van der Waals surface area contributed by atoms with Crippen molar-refractivity contribution in [3.63, 3.8) is 0 Å². The molecule has 1 fully saturated rings. The first-order valence-electron chi connectivity index (χ1n) is 7.89. The molecule has 1 saturated heterocycles. The summed E-state index contributed by atoms with van der Waals surface area (Å²) in [6.07, 6.45) is 1.48. The van der Waals surface area contributed by atoms with Crippen molar-refractivity contribution in [2.24, 2.45) is 0 Å². The second kappa shape index (κ2) is 10.2. The van der Waals surface area contributed by atoms with E-state index in [1.54, 1.807) is 0 Å². The molecule has 4 atom stereocenters. The third-order valence-corrected chi connectivity index (χ3v) is 4.10. The predicted molar refractivity (Wildman–Crippen MR) is 91.1 cm³/mol. The van der Waals surface area contributed by atoms with Crippen molar-refractivity contribution >= 4 is 36.3 Å². The van der Waals surface area contributed by atoms with E-state index in [1.165, 1.54) is 6.92 Å². The van der Waals surface area contributed by atoms with Crippen molar-refractivity contribution in [3.05, 3.63) is 0 Å². The van der Waals surface area contributed by atoms with Crippen LogP contribution >= 0.6 is 12.6 Å². The maximum atomic E-state index is 12.2. The number of amides is 3. The van der Waals surface area contributed by atoms with Gasteiger partial charge in [0.15, 0.2) is 0 Å². The minimum absolute atomic E-state index is 0.0831. The Kier molecular flexibility index (Phi) is 8.66. The molecule has 0 aromatic rings. The number of aliphatic hydroxyl groups is 1. The normalized spacial score (nSPS) is 20.2. The van der Waals surface area contributed by atoms with Gasteiger partial charge in [-0.05, 0) is 26.3 Å². The first-order chi connectivity index (χ1) is 11.8. The van der Waals surface area contributed by atoms with Crippen LogP contribution in [0, 0.1) is 0 Å². The van der Waals surface area contributed by atoms with E-state index in [0.717, 1.165) is 6.42 Å². The van der Waals surface area contributed by atoms with Crippen molar-refractivity contribution in [1.82, 2.24) is 21.3 Å². The maximum absolute atomic E-state index is 12.2. The van der Waals surface area contributed by atoms with Gasteiger partial charge in [0, 0.05) is 5.75 Å². The van der Waals surface area contributed by atoms with Crippen molar-refractivity contribution in [2.75, 3.05) is 18.9 Å². The number of carbonyl (C=O) groups excluding carboxylic acids is 3. The Labute approximate surface area is 150 Å². The van der Waals surface area contributed by atoms with Crippen LogP contribution in [0.2, 0.25) is 0 Å². The van der Waals surface area contributed by atoms with Crippen molar-refractivity contribution in [1.29, 1.82) is 0 Å². The predicted octanol–water partition coefficient (Wildman–Crippen LogP) is -2.78. The fourth-order valence-electron chi connectivity index (χ4n) is 2.22. The quantitative estimate of drug-likeness (QED) is 0.215. The van der Waals surface area contributed by atoms with Gasteiger partial charge in [-0.1, -0.05) is 0 Å². The van der Waals surface area contributed by atoms with Crippen molar-refractivity contribution < 1.29 is 29.4 Å². The van der Waals surface area contributed by atoms with Gasteiger partial charge < -0.3 is 31.5 Å². The number of carbonyl (C=O) groups is 4. The highest BCUT2D eigenvalue weighted by Crippen LogP contribution is 2.05. The molecule has 0 saturated carbocycles. The molecule has 0 bridgehead atoms. The van der Waals surface area contributed by atoms with E-state index in [4.69, 9.17) is 5.11 Å². The lowest BCUT2D eigenvalue weighted by Gasteiger charge is -2.22. The summed E-state index contributed by atoms with van der Waals surface area (Å²) in [5.74, 6) is -3.19. The number of nitrogens with one attached hydrogen (secondary N) is 4. The van der Waals surface area contributed by atoms with Gasteiger partial charge >= 0.3 is 5.97 Å². The third-order valence-electron chi connectivity index (χ3n) is 3.74. The van der Waals surface area contributed by atoms with Gasteiger partial charge in [-0.15, -0.1) is 0 Å². The number of thiol groups is 1. The number of hydrogen-bond acceptors (Lipinski definition) is 7. The van der Waals surface area contributed by atoms with E-state index in [0.29, 0.717) is 13.0 Å². The van der Waals surface area contributed by atoms with E-state index >= 15 is 0 Å².